The molecule has 4 nitrogen and oxygen atoms in total. The van der Waals surface area contributed by atoms with Gasteiger partial charge in [0.25, 0.3) is 0 Å². The number of H-pyrrole nitrogens is 1. The van der Waals surface area contributed by atoms with Crippen LogP contribution >= 0.6 is 0 Å². The summed E-state index contributed by atoms with van der Waals surface area (Å²) < 4.78 is 0. The molecule has 0 spiro atoms. The Labute approximate surface area is 64.3 Å². The van der Waals surface area contributed by atoms with Crippen molar-refractivity contribution in [1.29, 1.82) is 0 Å². The third-order valence-electron chi connectivity index (χ3n) is 1.49. The number of isocyanates is 1. The molecular formula is C7H9N3O. The molecule has 1 aromatic heterocycles. The summed E-state index contributed by atoms with van der Waals surface area (Å²) in [5.74, 6) is 0. The molecule has 0 amide bonds. The molecular weight excluding hydrogens is 142 g/mol. The second kappa shape index (κ2) is 2.68. The Balaban J connectivity index is 2.99. The fourth-order valence-corrected chi connectivity index (χ4v) is 0.771. The zero-order valence-corrected chi connectivity index (χ0v) is 6.46. The quantitative estimate of drug-likeness (QED) is 0.506. The van der Waals surface area contributed by atoms with E-state index in [4.69, 9.17) is 0 Å². The Kier molecular flexibility index (Phi) is 1.87. The van der Waals surface area contributed by atoms with Crippen LogP contribution in [0.15, 0.2) is 17.3 Å². The number of nitrogens with one attached hydrogen (secondary N) is 1. The number of carbonyl (C=O) groups excluding carboxylic acids is 1. The van der Waals surface area contributed by atoms with Crippen molar-refractivity contribution in [1.82, 2.24) is 10.2 Å². The van der Waals surface area contributed by atoms with Crippen molar-refractivity contribution in [2.45, 2.75) is 19.4 Å². The lowest BCUT2D eigenvalue weighted by molar-refractivity contribution is 0.511. The number of hydrogen-bond donors (Lipinski definition) is 1. The maximum atomic E-state index is 9.99. The van der Waals surface area contributed by atoms with E-state index in [2.05, 4.69) is 15.2 Å². The molecule has 0 aliphatic heterocycles. The Morgan fingerprint density at radius 2 is 2.45 bits per heavy atom. The van der Waals surface area contributed by atoms with Gasteiger partial charge in [0.1, 0.15) is 5.54 Å². The van der Waals surface area contributed by atoms with E-state index >= 15 is 0 Å². The van der Waals surface area contributed by atoms with Crippen LogP contribution in [0.4, 0.5) is 0 Å². The molecule has 0 radical (unpaired) electrons. The Morgan fingerprint density at radius 3 is 2.91 bits per heavy atom. The maximum Gasteiger partial charge on any atom is 0.235 e. The normalized spacial score (nSPS) is 10.7. The first-order valence-corrected chi connectivity index (χ1v) is 3.26. The number of aromatic nitrogens is 2. The monoisotopic (exact) mass is 151 g/mol. The largest absolute Gasteiger partial charge is 0.280 e. The van der Waals surface area contributed by atoms with Crippen molar-refractivity contribution in [2.75, 3.05) is 0 Å². The van der Waals surface area contributed by atoms with Crippen molar-refractivity contribution in [3.05, 3.63) is 18.0 Å². The average Bonchev–Trinajstić information content (AvgIpc) is 2.37. The number of nitrogens with zero attached hydrogens (tertiary/aromatic N) is 2. The molecule has 1 aromatic rings. The Bertz CT molecular complexity index is 270. The van der Waals surface area contributed by atoms with Crippen LogP contribution in [-0.2, 0) is 10.3 Å². The van der Waals surface area contributed by atoms with Crippen LogP contribution in [-0.4, -0.2) is 16.3 Å². The average molecular weight is 151 g/mol. The van der Waals surface area contributed by atoms with Crippen LogP contribution in [0.2, 0.25) is 0 Å². The fraction of sp³-hybridized carbons (Fsp3) is 0.429. The van der Waals surface area contributed by atoms with Gasteiger partial charge in [-0.1, -0.05) is 0 Å². The molecule has 0 atom stereocenters. The van der Waals surface area contributed by atoms with Gasteiger partial charge in [0, 0.05) is 6.20 Å². The first kappa shape index (κ1) is 7.69. The summed E-state index contributed by atoms with van der Waals surface area (Å²) in [7, 11) is 0. The van der Waals surface area contributed by atoms with Crippen molar-refractivity contribution in [2.24, 2.45) is 4.99 Å². The van der Waals surface area contributed by atoms with Gasteiger partial charge in [-0.3, -0.25) is 5.10 Å². The van der Waals surface area contributed by atoms with Gasteiger partial charge < -0.3 is 0 Å². The Hall–Kier alpha value is -1.41. The number of aromatic amines is 1. The lowest BCUT2D eigenvalue weighted by Crippen LogP contribution is -2.13. The third-order valence-corrected chi connectivity index (χ3v) is 1.49. The summed E-state index contributed by atoms with van der Waals surface area (Å²) in [5.41, 5.74) is 0.263. The molecule has 0 unspecified atom stereocenters. The standard InChI is InChI=1S/C7H9N3O/c1-7(2,8-5-11)6-3-4-9-10-6/h3-4H,1-2H3,(H,9,10). The van der Waals surface area contributed by atoms with E-state index < -0.39 is 5.54 Å². The molecule has 1 N–H and O–H groups in total. The minimum absolute atomic E-state index is 0.543. The molecule has 1 rings (SSSR count). The molecule has 11 heavy (non-hydrogen) atoms. The molecule has 0 aromatic carbocycles. The summed E-state index contributed by atoms with van der Waals surface area (Å²) in [4.78, 5) is 13.6. The van der Waals surface area contributed by atoms with Crippen LogP contribution in [0, 0.1) is 0 Å². The molecule has 0 saturated heterocycles. The van der Waals surface area contributed by atoms with Gasteiger partial charge in [-0.2, -0.15) is 10.1 Å². The maximum absolute atomic E-state index is 9.99. The fourth-order valence-electron chi connectivity index (χ4n) is 0.771. The second-order valence-corrected chi connectivity index (χ2v) is 2.73. The zero-order chi connectivity index (χ0) is 8.32. The summed E-state index contributed by atoms with van der Waals surface area (Å²) in [6, 6.07) is 1.78. The van der Waals surface area contributed by atoms with Crippen molar-refractivity contribution >= 4 is 6.08 Å². The highest BCUT2D eigenvalue weighted by molar-refractivity contribution is 5.35. The summed E-state index contributed by atoms with van der Waals surface area (Å²) >= 11 is 0. The van der Waals surface area contributed by atoms with Gasteiger partial charge in [0.05, 0.1) is 5.69 Å². The highest BCUT2D eigenvalue weighted by Crippen LogP contribution is 2.20. The van der Waals surface area contributed by atoms with E-state index in [1.165, 1.54) is 6.08 Å². The van der Waals surface area contributed by atoms with Gasteiger partial charge in [-0.25, -0.2) is 4.79 Å². The van der Waals surface area contributed by atoms with E-state index in [9.17, 15) is 4.79 Å². The SMILES string of the molecule is CC(C)(N=C=O)c1ccn[nH]1. The van der Waals surface area contributed by atoms with E-state index in [0.29, 0.717) is 0 Å². The highest BCUT2D eigenvalue weighted by atomic mass is 16.1. The minimum Gasteiger partial charge on any atom is -0.280 e. The van der Waals surface area contributed by atoms with Crippen LogP contribution in [0.3, 0.4) is 0 Å². The van der Waals surface area contributed by atoms with E-state index in [0.717, 1.165) is 5.69 Å². The molecule has 1 heterocycles. The van der Waals surface area contributed by atoms with Gasteiger partial charge in [0.2, 0.25) is 6.08 Å². The van der Waals surface area contributed by atoms with Crippen LogP contribution in [0.1, 0.15) is 19.5 Å². The van der Waals surface area contributed by atoms with Gasteiger partial charge in [-0.15, -0.1) is 0 Å². The first-order valence-electron chi connectivity index (χ1n) is 3.26. The molecule has 0 fully saturated rings. The van der Waals surface area contributed by atoms with E-state index in [-0.39, 0.29) is 0 Å². The molecule has 58 valence electrons. The van der Waals surface area contributed by atoms with E-state index in [1.54, 1.807) is 12.3 Å². The second-order valence-electron chi connectivity index (χ2n) is 2.73. The predicted octanol–water partition coefficient (Wildman–Crippen LogP) is 0.981. The number of hydrogen-bond acceptors (Lipinski definition) is 3. The Morgan fingerprint density at radius 1 is 1.73 bits per heavy atom. The molecule has 0 aliphatic carbocycles. The molecule has 4 heteroatoms. The molecule has 0 bridgehead atoms. The third kappa shape index (κ3) is 1.53. The van der Waals surface area contributed by atoms with Crippen LogP contribution < -0.4 is 0 Å². The van der Waals surface area contributed by atoms with Gasteiger partial charge in [0.15, 0.2) is 0 Å². The lowest BCUT2D eigenvalue weighted by Gasteiger charge is -2.13. The number of rotatable bonds is 2. The van der Waals surface area contributed by atoms with E-state index in [1.807, 2.05) is 13.8 Å². The van der Waals surface area contributed by atoms with Gasteiger partial charge >= 0.3 is 0 Å². The summed E-state index contributed by atoms with van der Waals surface area (Å²) in [6.45, 7) is 3.62. The lowest BCUT2D eigenvalue weighted by atomic mass is 10.0. The molecule has 0 aliphatic rings. The predicted molar refractivity (Wildman–Crippen MR) is 39.7 cm³/mol. The smallest absolute Gasteiger partial charge is 0.235 e. The van der Waals surface area contributed by atoms with Crippen molar-refractivity contribution in [3.8, 4) is 0 Å². The summed E-state index contributed by atoms with van der Waals surface area (Å²) in [6.07, 6.45) is 3.15. The van der Waals surface area contributed by atoms with Crippen molar-refractivity contribution in [3.63, 3.8) is 0 Å². The van der Waals surface area contributed by atoms with Crippen LogP contribution in [0.25, 0.3) is 0 Å². The van der Waals surface area contributed by atoms with Crippen LogP contribution in [0.5, 0.6) is 0 Å². The summed E-state index contributed by atoms with van der Waals surface area (Å²) in [5, 5.41) is 6.50. The minimum atomic E-state index is -0.543. The zero-order valence-electron chi connectivity index (χ0n) is 6.46. The van der Waals surface area contributed by atoms with Crippen molar-refractivity contribution < 1.29 is 4.79 Å². The first-order chi connectivity index (χ1) is 5.17. The number of aliphatic imine (C=N–C) groups is 1. The topological polar surface area (TPSA) is 58.1 Å². The molecule has 0 saturated carbocycles. The highest BCUT2D eigenvalue weighted by Gasteiger charge is 2.20. The van der Waals surface area contributed by atoms with Gasteiger partial charge in [-0.05, 0) is 19.9 Å².